The van der Waals surface area contributed by atoms with Crippen LogP contribution in [0.1, 0.15) is 39.0 Å². The van der Waals surface area contributed by atoms with Gasteiger partial charge in [0.25, 0.3) is 0 Å². The lowest BCUT2D eigenvalue weighted by Crippen LogP contribution is -2.05. The Balaban J connectivity index is 2.22. The highest BCUT2D eigenvalue weighted by Crippen LogP contribution is 2.25. The van der Waals surface area contributed by atoms with E-state index in [1.165, 1.54) is 0 Å². The number of ether oxygens (including phenoxy) is 3. The number of hydrogen-bond acceptors (Lipinski definition) is 3. The SMILES string of the molecule is C=C=C(CCOCCCCCOCCC)Oc1c(F)cc(F)cc1F. The number of rotatable bonds is 13. The molecule has 0 radical (unpaired) electrons. The first-order chi connectivity index (χ1) is 12.1. The van der Waals surface area contributed by atoms with Gasteiger partial charge in [0.2, 0.25) is 0 Å². The van der Waals surface area contributed by atoms with Crippen LogP contribution in [-0.2, 0) is 9.47 Å². The summed E-state index contributed by atoms with van der Waals surface area (Å²) in [6.45, 7) is 7.95. The minimum atomic E-state index is -1.11. The maximum atomic E-state index is 13.5. The van der Waals surface area contributed by atoms with Crippen molar-refractivity contribution in [2.45, 2.75) is 39.0 Å². The maximum Gasteiger partial charge on any atom is 0.199 e. The summed E-state index contributed by atoms with van der Waals surface area (Å²) in [5.74, 6) is -3.76. The molecule has 0 aromatic heterocycles. The van der Waals surface area contributed by atoms with Crippen LogP contribution in [0.25, 0.3) is 0 Å². The fourth-order valence-electron chi connectivity index (χ4n) is 2.02. The summed E-state index contributed by atoms with van der Waals surface area (Å²) in [4.78, 5) is 0. The molecule has 0 bridgehead atoms. The fraction of sp³-hybridized carbons (Fsp3) is 0.526. The normalized spacial score (nSPS) is 10.6. The van der Waals surface area contributed by atoms with Crippen LogP contribution in [0.4, 0.5) is 13.2 Å². The second kappa shape index (κ2) is 12.6. The van der Waals surface area contributed by atoms with Crippen molar-refractivity contribution in [3.63, 3.8) is 0 Å². The average molecular weight is 358 g/mol. The highest BCUT2D eigenvalue weighted by Gasteiger charge is 2.14. The predicted octanol–water partition coefficient (Wildman–Crippen LogP) is 5.16. The van der Waals surface area contributed by atoms with E-state index in [-0.39, 0.29) is 12.2 Å². The first-order valence-corrected chi connectivity index (χ1v) is 8.45. The van der Waals surface area contributed by atoms with Crippen molar-refractivity contribution >= 4 is 0 Å². The largest absolute Gasteiger partial charge is 0.447 e. The van der Waals surface area contributed by atoms with Crippen LogP contribution in [0.2, 0.25) is 0 Å². The Morgan fingerprint density at radius 2 is 1.56 bits per heavy atom. The van der Waals surface area contributed by atoms with Crippen LogP contribution in [0.15, 0.2) is 30.2 Å². The third-order valence-corrected chi connectivity index (χ3v) is 3.28. The maximum absolute atomic E-state index is 13.5. The van der Waals surface area contributed by atoms with Crippen molar-refractivity contribution in [1.29, 1.82) is 0 Å². The number of halogens is 3. The van der Waals surface area contributed by atoms with Crippen molar-refractivity contribution in [1.82, 2.24) is 0 Å². The molecule has 140 valence electrons. The molecule has 0 amide bonds. The molecule has 0 saturated heterocycles. The van der Waals surface area contributed by atoms with Gasteiger partial charge in [0.15, 0.2) is 17.4 Å². The van der Waals surface area contributed by atoms with Crippen LogP contribution in [-0.4, -0.2) is 26.4 Å². The molecule has 0 aliphatic carbocycles. The Labute approximate surface area is 147 Å². The van der Waals surface area contributed by atoms with Gasteiger partial charge in [-0.25, -0.2) is 13.2 Å². The van der Waals surface area contributed by atoms with E-state index in [1.807, 2.05) is 0 Å². The molecule has 0 N–H and O–H groups in total. The van der Waals surface area contributed by atoms with Crippen molar-refractivity contribution < 1.29 is 27.4 Å². The highest BCUT2D eigenvalue weighted by atomic mass is 19.1. The molecule has 25 heavy (non-hydrogen) atoms. The molecule has 0 aliphatic heterocycles. The van der Waals surface area contributed by atoms with Crippen molar-refractivity contribution in [3.8, 4) is 5.75 Å². The molecule has 0 saturated carbocycles. The van der Waals surface area contributed by atoms with Crippen LogP contribution >= 0.6 is 0 Å². The topological polar surface area (TPSA) is 27.7 Å². The molecule has 0 heterocycles. The molecular weight excluding hydrogens is 333 g/mol. The predicted molar refractivity (Wildman–Crippen MR) is 90.0 cm³/mol. The van der Waals surface area contributed by atoms with E-state index in [9.17, 15) is 13.2 Å². The van der Waals surface area contributed by atoms with Crippen LogP contribution < -0.4 is 4.74 Å². The average Bonchev–Trinajstić information content (AvgIpc) is 2.57. The van der Waals surface area contributed by atoms with Crippen molar-refractivity contribution in [3.05, 3.63) is 47.7 Å². The number of unbranched alkanes of at least 4 members (excludes halogenated alkanes) is 2. The van der Waals surface area contributed by atoms with Crippen LogP contribution in [0.3, 0.4) is 0 Å². The van der Waals surface area contributed by atoms with Gasteiger partial charge < -0.3 is 14.2 Å². The quantitative estimate of drug-likeness (QED) is 0.277. The van der Waals surface area contributed by atoms with Gasteiger partial charge in [0.1, 0.15) is 11.6 Å². The van der Waals surface area contributed by atoms with Gasteiger partial charge in [-0.2, -0.15) is 0 Å². The Morgan fingerprint density at radius 1 is 0.960 bits per heavy atom. The lowest BCUT2D eigenvalue weighted by Gasteiger charge is -2.10. The van der Waals surface area contributed by atoms with Gasteiger partial charge in [-0.3, -0.25) is 0 Å². The zero-order valence-corrected chi connectivity index (χ0v) is 14.6. The lowest BCUT2D eigenvalue weighted by molar-refractivity contribution is 0.113. The third-order valence-electron chi connectivity index (χ3n) is 3.28. The van der Waals surface area contributed by atoms with Gasteiger partial charge in [-0.1, -0.05) is 19.2 Å². The summed E-state index contributed by atoms with van der Waals surface area (Å²) in [6.07, 6.45) is 4.20. The van der Waals surface area contributed by atoms with Gasteiger partial charge in [-0.15, -0.1) is 0 Å². The zero-order valence-electron chi connectivity index (χ0n) is 14.6. The number of benzene rings is 1. The fourth-order valence-corrected chi connectivity index (χ4v) is 2.02. The molecule has 6 heteroatoms. The van der Waals surface area contributed by atoms with Crippen LogP contribution in [0.5, 0.6) is 5.75 Å². The zero-order chi connectivity index (χ0) is 18.5. The Hall–Kier alpha value is -1.75. The number of hydrogen-bond donors (Lipinski definition) is 0. The van der Waals surface area contributed by atoms with E-state index < -0.39 is 23.2 Å². The first kappa shape index (κ1) is 21.3. The Morgan fingerprint density at radius 3 is 2.12 bits per heavy atom. The summed E-state index contributed by atoms with van der Waals surface area (Å²) in [5, 5.41) is 0. The molecular formula is C19H25F3O3. The van der Waals surface area contributed by atoms with E-state index in [1.54, 1.807) is 0 Å². The van der Waals surface area contributed by atoms with Crippen molar-refractivity contribution in [2.75, 3.05) is 26.4 Å². The summed E-state index contributed by atoms with van der Waals surface area (Å²) in [6, 6.07) is 1.11. The van der Waals surface area contributed by atoms with Gasteiger partial charge in [0.05, 0.1) is 6.61 Å². The van der Waals surface area contributed by atoms with Gasteiger partial charge >= 0.3 is 0 Å². The Bertz CT molecular complexity index is 546. The molecule has 1 rings (SSSR count). The van der Waals surface area contributed by atoms with E-state index >= 15 is 0 Å². The minimum absolute atomic E-state index is 0.136. The molecule has 1 aromatic rings. The molecule has 0 spiro atoms. The molecule has 0 fully saturated rings. The molecule has 1 aromatic carbocycles. The third kappa shape index (κ3) is 8.77. The minimum Gasteiger partial charge on any atom is -0.447 e. The highest BCUT2D eigenvalue weighted by molar-refractivity contribution is 5.28. The summed E-state index contributed by atoms with van der Waals surface area (Å²) in [7, 11) is 0. The molecule has 3 nitrogen and oxygen atoms in total. The smallest absolute Gasteiger partial charge is 0.199 e. The summed E-state index contributed by atoms with van der Waals surface area (Å²) < 4.78 is 55.9. The summed E-state index contributed by atoms with van der Waals surface area (Å²) >= 11 is 0. The molecule has 0 aliphatic rings. The Kier molecular flexibility index (Phi) is 10.7. The lowest BCUT2D eigenvalue weighted by atomic mass is 10.2. The van der Waals surface area contributed by atoms with E-state index in [2.05, 4.69) is 19.2 Å². The standard InChI is InChI=1S/C19H25F3O3/c1-3-9-23-10-6-5-7-11-24-12-8-16(4-2)25-19-17(21)13-15(20)14-18(19)22/h13-14H,2-3,5-12H2,1H3. The van der Waals surface area contributed by atoms with E-state index in [0.717, 1.165) is 38.9 Å². The molecule has 0 unspecified atom stereocenters. The van der Waals surface area contributed by atoms with E-state index in [4.69, 9.17) is 14.2 Å². The van der Waals surface area contributed by atoms with E-state index in [0.29, 0.717) is 25.3 Å². The first-order valence-electron chi connectivity index (χ1n) is 8.45. The van der Waals surface area contributed by atoms with Gasteiger partial charge in [0, 0.05) is 38.4 Å². The van der Waals surface area contributed by atoms with Crippen molar-refractivity contribution in [2.24, 2.45) is 0 Å². The monoisotopic (exact) mass is 358 g/mol. The second-order valence-corrected chi connectivity index (χ2v) is 5.44. The van der Waals surface area contributed by atoms with Gasteiger partial charge in [-0.05, 0) is 25.7 Å². The van der Waals surface area contributed by atoms with Crippen LogP contribution in [0, 0.1) is 17.5 Å². The second-order valence-electron chi connectivity index (χ2n) is 5.44. The summed E-state index contributed by atoms with van der Waals surface area (Å²) in [5.41, 5.74) is 2.47. The molecule has 0 atom stereocenters.